The van der Waals surface area contributed by atoms with Crippen LogP contribution in [0.4, 0.5) is 0 Å². The molecule has 19 heavy (non-hydrogen) atoms. The molecule has 1 aliphatic rings. The van der Waals surface area contributed by atoms with Crippen LogP contribution in [0.5, 0.6) is 11.5 Å². The molecule has 104 valence electrons. The summed E-state index contributed by atoms with van der Waals surface area (Å²) in [4.78, 5) is 14.3. The van der Waals surface area contributed by atoms with Gasteiger partial charge in [-0.25, -0.2) is 0 Å². The van der Waals surface area contributed by atoms with Crippen LogP contribution < -0.4 is 10.1 Å². The average Bonchev–Trinajstić information content (AvgIpc) is 2.86. The number of phenols is 1. The second-order valence-electron chi connectivity index (χ2n) is 4.74. The van der Waals surface area contributed by atoms with E-state index in [1.165, 1.54) is 13.2 Å². The van der Waals surface area contributed by atoms with Gasteiger partial charge in [-0.3, -0.25) is 4.79 Å². The van der Waals surface area contributed by atoms with Crippen LogP contribution >= 0.6 is 0 Å². The Morgan fingerprint density at radius 2 is 2.37 bits per heavy atom. The van der Waals surface area contributed by atoms with Gasteiger partial charge in [0, 0.05) is 24.7 Å². The number of carbonyl (C=O) groups is 1. The largest absolute Gasteiger partial charge is 0.504 e. The summed E-state index contributed by atoms with van der Waals surface area (Å²) in [6, 6.07) is 5.01. The van der Waals surface area contributed by atoms with E-state index in [2.05, 4.69) is 5.32 Å². The number of phenolic OH excluding ortho intramolecular Hbond substituents is 1. The molecule has 2 rings (SSSR count). The van der Waals surface area contributed by atoms with Gasteiger partial charge in [0.05, 0.1) is 7.11 Å². The quantitative estimate of drug-likeness (QED) is 0.858. The van der Waals surface area contributed by atoms with Crippen LogP contribution in [0.2, 0.25) is 0 Å². The topological polar surface area (TPSA) is 61.8 Å². The van der Waals surface area contributed by atoms with E-state index in [1.807, 2.05) is 11.9 Å². The Hall–Kier alpha value is -1.75. The molecular weight excluding hydrogens is 244 g/mol. The molecule has 5 nitrogen and oxygen atoms in total. The number of amides is 1. The summed E-state index contributed by atoms with van der Waals surface area (Å²) in [6.07, 6.45) is 2.05. The summed E-state index contributed by atoms with van der Waals surface area (Å²) >= 11 is 0. The minimum atomic E-state index is -0.0318. The number of ether oxygens (including phenoxy) is 1. The van der Waals surface area contributed by atoms with E-state index in [4.69, 9.17) is 4.74 Å². The molecule has 1 heterocycles. The first-order chi connectivity index (χ1) is 9.17. The molecule has 5 heteroatoms. The molecular formula is C14H20N2O3. The lowest BCUT2D eigenvalue weighted by Gasteiger charge is -2.24. The Morgan fingerprint density at radius 3 is 3.00 bits per heavy atom. The van der Waals surface area contributed by atoms with E-state index in [-0.39, 0.29) is 17.7 Å². The third kappa shape index (κ3) is 2.81. The number of benzene rings is 1. The van der Waals surface area contributed by atoms with E-state index in [1.54, 1.807) is 12.1 Å². The highest BCUT2D eigenvalue weighted by molar-refractivity contribution is 5.95. The molecule has 1 atom stereocenters. The standard InChI is InChI=1S/C14H20N2O3/c1-15-9-11-4-3-7-16(11)14(18)10-5-6-13(19-2)12(17)8-10/h5-6,8,11,15,17H,3-4,7,9H2,1-2H3. The zero-order valence-electron chi connectivity index (χ0n) is 11.3. The van der Waals surface area contributed by atoms with Crippen LogP contribution in [0.1, 0.15) is 23.2 Å². The third-order valence-corrected chi connectivity index (χ3v) is 3.50. The minimum absolute atomic E-state index is 0.00212. The summed E-state index contributed by atoms with van der Waals surface area (Å²) in [5, 5.41) is 12.9. The minimum Gasteiger partial charge on any atom is -0.504 e. The molecule has 1 aromatic carbocycles. The molecule has 1 saturated heterocycles. The summed E-state index contributed by atoms with van der Waals surface area (Å²) in [6.45, 7) is 1.58. The van der Waals surface area contributed by atoms with Crippen LogP contribution in [0, 0.1) is 0 Å². The number of nitrogens with zero attached hydrogens (tertiary/aromatic N) is 1. The zero-order chi connectivity index (χ0) is 13.8. The van der Waals surface area contributed by atoms with E-state index in [0.29, 0.717) is 11.3 Å². The zero-order valence-corrected chi connectivity index (χ0v) is 11.3. The number of aromatic hydroxyl groups is 1. The highest BCUT2D eigenvalue weighted by Crippen LogP contribution is 2.28. The van der Waals surface area contributed by atoms with Crippen LogP contribution in [0.3, 0.4) is 0 Å². The molecule has 1 amide bonds. The number of likely N-dealkylation sites (N-methyl/N-ethyl adjacent to an activating group) is 1. The summed E-state index contributed by atoms with van der Waals surface area (Å²) < 4.78 is 4.98. The van der Waals surface area contributed by atoms with Gasteiger partial charge < -0.3 is 20.1 Å². The lowest BCUT2D eigenvalue weighted by atomic mass is 10.1. The van der Waals surface area contributed by atoms with Crippen LogP contribution in [-0.4, -0.2) is 49.2 Å². The third-order valence-electron chi connectivity index (χ3n) is 3.50. The van der Waals surface area contributed by atoms with Gasteiger partial charge in [0.2, 0.25) is 0 Å². The Balaban J connectivity index is 2.17. The molecule has 0 bridgehead atoms. The van der Waals surface area contributed by atoms with Crippen molar-refractivity contribution in [3.63, 3.8) is 0 Å². The fraction of sp³-hybridized carbons (Fsp3) is 0.500. The van der Waals surface area contributed by atoms with Gasteiger partial charge >= 0.3 is 0 Å². The summed E-state index contributed by atoms with van der Waals surface area (Å²) in [5.74, 6) is 0.346. The molecule has 0 aliphatic carbocycles. The molecule has 2 N–H and O–H groups in total. The first-order valence-corrected chi connectivity index (χ1v) is 6.50. The van der Waals surface area contributed by atoms with Gasteiger partial charge in [0.25, 0.3) is 5.91 Å². The maximum absolute atomic E-state index is 12.4. The number of carbonyl (C=O) groups excluding carboxylic acids is 1. The first-order valence-electron chi connectivity index (χ1n) is 6.50. The Labute approximate surface area is 113 Å². The normalized spacial score (nSPS) is 18.6. The van der Waals surface area contributed by atoms with Gasteiger partial charge in [-0.2, -0.15) is 0 Å². The predicted octanol–water partition coefficient (Wildman–Crippen LogP) is 1.22. The van der Waals surface area contributed by atoms with Gasteiger partial charge in [-0.15, -0.1) is 0 Å². The highest BCUT2D eigenvalue weighted by atomic mass is 16.5. The molecule has 1 aliphatic heterocycles. The smallest absolute Gasteiger partial charge is 0.254 e. The molecule has 0 radical (unpaired) electrons. The molecule has 1 unspecified atom stereocenters. The van der Waals surface area contributed by atoms with Crippen molar-refractivity contribution in [3.05, 3.63) is 23.8 Å². The molecule has 0 aromatic heterocycles. The maximum Gasteiger partial charge on any atom is 0.254 e. The monoisotopic (exact) mass is 264 g/mol. The van der Waals surface area contributed by atoms with E-state index >= 15 is 0 Å². The van der Waals surface area contributed by atoms with Gasteiger partial charge in [-0.1, -0.05) is 0 Å². The second kappa shape index (κ2) is 5.93. The first kappa shape index (κ1) is 13.7. The van der Waals surface area contributed by atoms with E-state index in [0.717, 1.165) is 25.9 Å². The Morgan fingerprint density at radius 1 is 1.58 bits per heavy atom. The maximum atomic E-state index is 12.4. The van der Waals surface area contributed by atoms with E-state index in [9.17, 15) is 9.90 Å². The van der Waals surface area contributed by atoms with Crippen molar-refractivity contribution in [2.45, 2.75) is 18.9 Å². The Kier molecular flexibility index (Phi) is 4.27. The predicted molar refractivity (Wildman–Crippen MR) is 72.6 cm³/mol. The van der Waals surface area contributed by atoms with Crippen molar-refractivity contribution < 1.29 is 14.6 Å². The van der Waals surface area contributed by atoms with Crippen molar-refractivity contribution >= 4 is 5.91 Å². The summed E-state index contributed by atoms with van der Waals surface area (Å²) in [5.41, 5.74) is 0.501. The van der Waals surface area contributed by atoms with Gasteiger partial charge in [0.15, 0.2) is 11.5 Å². The lowest BCUT2D eigenvalue weighted by Crippen LogP contribution is -2.40. The number of hydrogen-bond donors (Lipinski definition) is 2. The van der Waals surface area contributed by atoms with Crippen molar-refractivity contribution in [2.24, 2.45) is 0 Å². The molecule has 1 aromatic rings. The molecule has 0 spiro atoms. The van der Waals surface area contributed by atoms with Crippen LogP contribution in [0.25, 0.3) is 0 Å². The summed E-state index contributed by atoms with van der Waals surface area (Å²) in [7, 11) is 3.38. The van der Waals surface area contributed by atoms with Crippen molar-refractivity contribution in [2.75, 3.05) is 27.2 Å². The van der Waals surface area contributed by atoms with E-state index < -0.39 is 0 Å². The molecule has 0 saturated carbocycles. The van der Waals surface area contributed by atoms with Crippen molar-refractivity contribution in [1.82, 2.24) is 10.2 Å². The number of methoxy groups -OCH3 is 1. The average molecular weight is 264 g/mol. The van der Waals surface area contributed by atoms with Crippen LogP contribution in [-0.2, 0) is 0 Å². The SMILES string of the molecule is CNCC1CCCN1C(=O)c1ccc(OC)c(O)c1. The van der Waals surface area contributed by atoms with Gasteiger partial charge in [-0.05, 0) is 38.1 Å². The number of hydrogen-bond acceptors (Lipinski definition) is 4. The molecule has 1 fully saturated rings. The van der Waals surface area contributed by atoms with Gasteiger partial charge in [0.1, 0.15) is 0 Å². The highest BCUT2D eigenvalue weighted by Gasteiger charge is 2.29. The fourth-order valence-corrected chi connectivity index (χ4v) is 2.54. The number of rotatable bonds is 4. The van der Waals surface area contributed by atoms with Crippen molar-refractivity contribution in [3.8, 4) is 11.5 Å². The van der Waals surface area contributed by atoms with Crippen molar-refractivity contribution in [1.29, 1.82) is 0 Å². The second-order valence-corrected chi connectivity index (χ2v) is 4.74. The Bertz CT molecular complexity index is 462. The number of nitrogens with one attached hydrogen (secondary N) is 1. The fourth-order valence-electron chi connectivity index (χ4n) is 2.54. The number of likely N-dealkylation sites (tertiary alicyclic amines) is 1. The van der Waals surface area contributed by atoms with Crippen LogP contribution in [0.15, 0.2) is 18.2 Å². The lowest BCUT2D eigenvalue weighted by molar-refractivity contribution is 0.0736.